The van der Waals surface area contributed by atoms with Crippen LogP contribution in [-0.2, 0) is 25.6 Å². The van der Waals surface area contributed by atoms with Crippen LogP contribution in [-0.4, -0.2) is 27.8 Å². The molecule has 0 unspecified atom stereocenters. The number of rotatable bonds is 6. The van der Waals surface area contributed by atoms with Crippen LogP contribution in [0.25, 0.3) is 0 Å². The van der Waals surface area contributed by atoms with E-state index in [2.05, 4.69) is 67.3 Å². The van der Waals surface area contributed by atoms with Crippen molar-refractivity contribution in [3.8, 4) is 0 Å². The normalized spacial score (nSPS) is 12.1. The second-order valence-corrected chi connectivity index (χ2v) is 6.91. The van der Waals surface area contributed by atoms with E-state index in [0.29, 0.717) is 6.54 Å². The van der Waals surface area contributed by atoms with Gasteiger partial charge in [0.05, 0.1) is 5.69 Å². The molecule has 2 rings (SSSR count). The molecule has 0 bridgehead atoms. The van der Waals surface area contributed by atoms with Gasteiger partial charge in [-0.25, -0.2) is 0 Å². The quantitative estimate of drug-likeness (QED) is 0.892. The Balaban J connectivity index is 2.18. The van der Waals surface area contributed by atoms with Gasteiger partial charge in [0, 0.05) is 50.4 Å². The predicted molar refractivity (Wildman–Crippen MR) is 91.5 cm³/mol. The minimum absolute atomic E-state index is 0.0533. The second-order valence-electron chi connectivity index (χ2n) is 6.91. The highest BCUT2D eigenvalue weighted by Crippen LogP contribution is 2.25. The van der Waals surface area contributed by atoms with Gasteiger partial charge >= 0.3 is 0 Å². The van der Waals surface area contributed by atoms with Gasteiger partial charge in [-0.2, -0.15) is 5.10 Å². The molecule has 120 valence electrons. The molecule has 0 saturated heterocycles. The Morgan fingerprint density at radius 2 is 1.82 bits per heavy atom. The van der Waals surface area contributed by atoms with E-state index >= 15 is 0 Å². The van der Waals surface area contributed by atoms with Crippen molar-refractivity contribution >= 4 is 0 Å². The average Bonchev–Trinajstić information content (AvgIpc) is 2.81. The molecule has 0 aliphatic carbocycles. The Morgan fingerprint density at radius 1 is 1.14 bits per heavy atom. The van der Waals surface area contributed by atoms with Crippen LogP contribution in [0.1, 0.15) is 37.6 Å². The highest BCUT2D eigenvalue weighted by Gasteiger charge is 2.23. The van der Waals surface area contributed by atoms with Gasteiger partial charge in [0.2, 0.25) is 0 Å². The van der Waals surface area contributed by atoms with Gasteiger partial charge < -0.3 is 5.73 Å². The van der Waals surface area contributed by atoms with Gasteiger partial charge in [-0.3, -0.25) is 9.58 Å². The summed E-state index contributed by atoms with van der Waals surface area (Å²) in [5, 5.41) is 4.66. The van der Waals surface area contributed by atoms with Gasteiger partial charge in [-0.15, -0.1) is 0 Å². The zero-order valence-electron chi connectivity index (χ0n) is 14.2. The first-order valence-corrected chi connectivity index (χ1v) is 7.89. The molecule has 1 heterocycles. The molecule has 0 atom stereocenters. The predicted octanol–water partition coefficient (Wildman–Crippen LogP) is 2.68. The monoisotopic (exact) mass is 300 g/mol. The number of benzene rings is 1. The maximum atomic E-state index is 5.80. The number of hydrogen-bond donors (Lipinski definition) is 1. The first-order valence-electron chi connectivity index (χ1n) is 7.89. The summed E-state index contributed by atoms with van der Waals surface area (Å²) in [5.41, 5.74) is 9.64. The molecular formula is C18H28N4. The molecule has 1 aromatic heterocycles. The Morgan fingerprint density at radius 3 is 2.41 bits per heavy atom. The Bertz CT molecular complexity index is 581. The SMILES string of the molecule is Cn1cc(CN(CCN)Cc2ccccc2)c(C(C)(C)C)n1. The van der Waals surface area contributed by atoms with E-state index in [1.54, 1.807) is 0 Å². The van der Waals surface area contributed by atoms with Crippen molar-refractivity contribution in [2.45, 2.75) is 39.3 Å². The molecular weight excluding hydrogens is 272 g/mol. The Kier molecular flexibility index (Phi) is 5.37. The third kappa shape index (κ3) is 4.42. The van der Waals surface area contributed by atoms with E-state index in [1.807, 2.05) is 11.7 Å². The summed E-state index contributed by atoms with van der Waals surface area (Å²) < 4.78 is 1.92. The molecule has 1 aromatic carbocycles. The number of aromatic nitrogens is 2. The minimum Gasteiger partial charge on any atom is -0.329 e. The number of nitrogens with two attached hydrogens (primary N) is 1. The highest BCUT2D eigenvalue weighted by molar-refractivity contribution is 5.24. The van der Waals surface area contributed by atoms with Crippen molar-refractivity contribution in [1.29, 1.82) is 0 Å². The van der Waals surface area contributed by atoms with Gasteiger partial charge in [0.15, 0.2) is 0 Å². The van der Waals surface area contributed by atoms with Crippen LogP contribution in [0.4, 0.5) is 0 Å². The van der Waals surface area contributed by atoms with Crippen LogP contribution in [0.15, 0.2) is 36.5 Å². The molecule has 2 aromatic rings. The van der Waals surface area contributed by atoms with E-state index in [1.165, 1.54) is 16.8 Å². The topological polar surface area (TPSA) is 47.1 Å². The van der Waals surface area contributed by atoms with E-state index in [-0.39, 0.29) is 5.41 Å². The molecule has 0 radical (unpaired) electrons. The zero-order valence-corrected chi connectivity index (χ0v) is 14.2. The third-order valence-electron chi connectivity index (χ3n) is 3.70. The number of hydrogen-bond acceptors (Lipinski definition) is 3. The van der Waals surface area contributed by atoms with Crippen molar-refractivity contribution in [2.24, 2.45) is 12.8 Å². The van der Waals surface area contributed by atoms with E-state index in [9.17, 15) is 0 Å². The van der Waals surface area contributed by atoms with Gasteiger partial charge in [0.25, 0.3) is 0 Å². The molecule has 0 aliphatic heterocycles. The molecule has 2 N–H and O–H groups in total. The Labute approximate surface area is 133 Å². The Hall–Kier alpha value is -1.65. The highest BCUT2D eigenvalue weighted by atomic mass is 15.3. The first-order chi connectivity index (χ1) is 10.4. The van der Waals surface area contributed by atoms with Crippen LogP contribution < -0.4 is 5.73 Å². The van der Waals surface area contributed by atoms with Crippen molar-refractivity contribution in [2.75, 3.05) is 13.1 Å². The van der Waals surface area contributed by atoms with Crippen molar-refractivity contribution in [3.05, 3.63) is 53.3 Å². The first kappa shape index (κ1) is 16.7. The lowest BCUT2D eigenvalue weighted by Crippen LogP contribution is -2.29. The average molecular weight is 300 g/mol. The van der Waals surface area contributed by atoms with E-state index in [4.69, 9.17) is 5.73 Å². The molecule has 0 aliphatic rings. The standard InChI is InChI=1S/C18H28N4/c1-18(2,3)17-16(13-21(4)20-17)14-22(11-10-19)12-15-8-6-5-7-9-15/h5-9,13H,10-12,14,19H2,1-4H3. The van der Waals surface area contributed by atoms with Gasteiger partial charge in [-0.05, 0) is 5.56 Å². The lowest BCUT2D eigenvalue weighted by atomic mass is 9.89. The van der Waals surface area contributed by atoms with Crippen molar-refractivity contribution in [3.63, 3.8) is 0 Å². The molecule has 4 heteroatoms. The molecule has 4 nitrogen and oxygen atoms in total. The largest absolute Gasteiger partial charge is 0.329 e. The van der Waals surface area contributed by atoms with Gasteiger partial charge in [0.1, 0.15) is 0 Å². The van der Waals surface area contributed by atoms with Crippen LogP contribution in [0.5, 0.6) is 0 Å². The van der Waals surface area contributed by atoms with Crippen molar-refractivity contribution in [1.82, 2.24) is 14.7 Å². The summed E-state index contributed by atoms with van der Waals surface area (Å²) in [4.78, 5) is 2.39. The molecule has 0 amide bonds. The summed E-state index contributed by atoms with van der Waals surface area (Å²) in [6, 6.07) is 10.5. The number of aryl methyl sites for hydroxylation is 1. The molecule has 0 fully saturated rings. The summed E-state index contributed by atoms with van der Waals surface area (Å²) in [7, 11) is 1.99. The smallest absolute Gasteiger partial charge is 0.0722 e. The van der Waals surface area contributed by atoms with Crippen LogP contribution >= 0.6 is 0 Å². The summed E-state index contributed by atoms with van der Waals surface area (Å²) in [6.45, 7) is 9.98. The lowest BCUT2D eigenvalue weighted by molar-refractivity contribution is 0.262. The molecule has 0 saturated carbocycles. The fraction of sp³-hybridized carbons (Fsp3) is 0.500. The van der Waals surface area contributed by atoms with E-state index in [0.717, 1.165) is 19.6 Å². The second kappa shape index (κ2) is 7.07. The number of nitrogens with zero attached hydrogens (tertiary/aromatic N) is 3. The fourth-order valence-electron chi connectivity index (χ4n) is 2.76. The summed E-state index contributed by atoms with van der Waals surface area (Å²) >= 11 is 0. The van der Waals surface area contributed by atoms with Crippen molar-refractivity contribution < 1.29 is 0 Å². The summed E-state index contributed by atoms with van der Waals surface area (Å²) in [5.74, 6) is 0. The van der Waals surface area contributed by atoms with Crippen LogP contribution in [0.3, 0.4) is 0 Å². The van der Waals surface area contributed by atoms with Crippen LogP contribution in [0.2, 0.25) is 0 Å². The van der Waals surface area contributed by atoms with Crippen LogP contribution in [0, 0.1) is 0 Å². The minimum atomic E-state index is 0.0533. The zero-order chi connectivity index (χ0) is 16.2. The molecule has 0 spiro atoms. The third-order valence-corrected chi connectivity index (χ3v) is 3.70. The van der Waals surface area contributed by atoms with Gasteiger partial charge in [-0.1, -0.05) is 51.1 Å². The van der Waals surface area contributed by atoms with E-state index < -0.39 is 0 Å². The maximum Gasteiger partial charge on any atom is 0.0722 e. The fourth-order valence-corrected chi connectivity index (χ4v) is 2.76. The molecule has 22 heavy (non-hydrogen) atoms. The lowest BCUT2D eigenvalue weighted by Gasteiger charge is -2.24. The maximum absolute atomic E-state index is 5.80. The summed E-state index contributed by atoms with van der Waals surface area (Å²) in [6.07, 6.45) is 2.13.